The van der Waals surface area contributed by atoms with E-state index in [-0.39, 0.29) is 34.5 Å². The van der Waals surface area contributed by atoms with E-state index in [1.807, 2.05) is 254 Å². The van der Waals surface area contributed by atoms with E-state index in [2.05, 4.69) is 128 Å². The van der Waals surface area contributed by atoms with Gasteiger partial charge in [0.05, 0.1) is 35.5 Å². The van der Waals surface area contributed by atoms with E-state index in [0.29, 0.717) is 50.0 Å². The Morgan fingerprint density at radius 1 is 0.585 bits per heavy atom. The number of benzene rings is 12. The lowest BCUT2D eigenvalue weighted by Gasteiger charge is -2.18. The summed E-state index contributed by atoms with van der Waals surface area (Å²) >= 11 is 12.1. The third kappa shape index (κ3) is 25.4. The first kappa shape index (κ1) is 93.1. The van der Waals surface area contributed by atoms with E-state index in [1.54, 1.807) is 54.9 Å². The summed E-state index contributed by atoms with van der Waals surface area (Å²) in [5.74, 6) is 3.28. The van der Waals surface area contributed by atoms with Crippen LogP contribution in [0.3, 0.4) is 0 Å². The van der Waals surface area contributed by atoms with Gasteiger partial charge >= 0.3 is 35.4 Å². The highest BCUT2D eigenvalue weighted by molar-refractivity contribution is 8.13. The molecule has 0 fully saturated rings. The zero-order chi connectivity index (χ0) is 93.8. The van der Waals surface area contributed by atoms with Crippen molar-refractivity contribution in [2.75, 3.05) is 50.4 Å². The lowest BCUT2D eigenvalue weighted by molar-refractivity contribution is -0.110. The maximum absolute atomic E-state index is 12.1. The molecule has 0 bridgehead atoms. The van der Waals surface area contributed by atoms with E-state index in [4.69, 9.17) is 42.5 Å². The van der Waals surface area contributed by atoms with Gasteiger partial charge in [-0.3, -0.25) is 29.8 Å². The summed E-state index contributed by atoms with van der Waals surface area (Å²) < 4.78 is 18.5. The van der Waals surface area contributed by atoms with Crippen molar-refractivity contribution in [3.8, 4) is 57.2 Å². The molecule has 0 unspecified atom stereocenters. The van der Waals surface area contributed by atoms with Crippen LogP contribution in [0, 0.1) is 5.92 Å². The van der Waals surface area contributed by atoms with Crippen LogP contribution in [0.5, 0.6) is 17.6 Å². The number of aromatic nitrogens is 8. The van der Waals surface area contributed by atoms with Gasteiger partial charge in [0.25, 0.3) is 17.1 Å². The topological polar surface area (TPSA) is 350 Å². The molecule has 0 atom stereocenters. The van der Waals surface area contributed by atoms with E-state index < -0.39 is 18.0 Å². The number of nitrogens with one attached hydrogen (secondary N) is 6. The van der Waals surface area contributed by atoms with Gasteiger partial charge in [0.1, 0.15) is 17.9 Å². The summed E-state index contributed by atoms with van der Waals surface area (Å²) in [7, 11) is 0. The predicted octanol–water partition coefficient (Wildman–Crippen LogP) is 23.6. The van der Waals surface area contributed by atoms with E-state index in [0.717, 1.165) is 135 Å². The summed E-state index contributed by atoms with van der Waals surface area (Å²) in [5.41, 5.74) is 19.0. The highest BCUT2D eigenvalue weighted by Crippen LogP contribution is 2.41. The molecule has 0 saturated carbocycles. The van der Waals surface area contributed by atoms with Gasteiger partial charge in [-0.15, -0.1) is 15.2 Å². The molecule has 17 aromatic rings. The van der Waals surface area contributed by atoms with Crippen LogP contribution in [0.1, 0.15) is 81.1 Å². The van der Waals surface area contributed by atoms with Gasteiger partial charge in [0, 0.05) is 85.7 Å². The standard InChI is InChI=1S/C19H15N5.C19H12N2O3.C17H16N2OS.C17H13NO2.C15H11N3O2.C12H17NOS.C7H6ClNO2/c1-2-7-15(8-3-1)24-19-16(12-22-24)18(20-13-21-19)23-11-10-14-6-4-5-9-17(14)23;22-17-16-14(12-7-3-1-4-8-12)11-15(13-9-5-2-6-10-13)24-18(16)21-19(23)20-17;20-16(13-5-2-1-3-6-13)19-17(21)18-15-10-9-12-7-4-8-14(12)11-15;19-17-14(13-3-1-2-4-15(13)18-17)10-11-5-6-16-12(9-11)7-8-20-16;19-13(16-12-9-5-2-6-10-12)15-18-17-14(20-15)11-7-3-1-4-8-11;1-10(2)8-9-15-12(14)13-11-6-4-3-5-7-11;8-5-1-3-6(4-2-5)9-7(10)11/h1-9,12-13H,10-11H2;1-11H,(H-,20,21,22,23);1-3,5-6,9-11H,4,7-8H2,(H2,18,19,20,21);1-6,9-10H,7-8H2,(H,18,19);1-10H,(H,16,19);3-7,10H,8-9H2,1-2H3,(H,13,14);1-4,9H,(H,10,11)/p+1. The van der Waals surface area contributed by atoms with Crippen molar-refractivity contribution in [1.82, 2.24) is 45.2 Å². The third-order valence-corrected chi connectivity index (χ3v) is 22.6. The molecule has 0 saturated heterocycles. The number of carbonyl (C=O) groups excluding carboxylic acids is 4. The average Bonchev–Trinajstić information content (AvgIpc) is 1.75. The number of thiocarbonyl (C=S) groups is 1. The first-order valence-electron chi connectivity index (χ1n) is 43.3. The molecule has 0 radical (unpaired) electrons. The highest BCUT2D eigenvalue weighted by Gasteiger charge is 2.29. The Morgan fingerprint density at radius 3 is 1.91 bits per heavy atom. The summed E-state index contributed by atoms with van der Waals surface area (Å²) in [4.78, 5) is 76.4. The van der Waals surface area contributed by atoms with Crippen LogP contribution in [0.15, 0.2) is 349 Å². The van der Waals surface area contributed by atoms with Crippen molar-refractivity contribution in [2.24, 2.45) is 5.92 Å². The molecule has 9 N–H and O–H groups in total. The van der Waals surface area contributed by atoms with Gasteiger partial charge in [-0.1, -0.05) is 225 Å². The molecule has 3 aliphatic heterocycles. The number of nitrogens with zero attached hydrogens (tertiary/aromatic N) is 9. The van der Waals surface area contributed by atoms with Crippen LogP contribution in [-0.4, -0.2) is 108 Å². The second-order valence-corrected chi connectivity index (χ2v) is 33.0. The molecule has 21 rings (SSSR count). The fourth-order valence-corrected chi connectivity index (χ4v) is 16.1. The molecule has 135 heavy (non-hydrogen) atoms. The van der Waals surface area contributed by atoms with Gasteiger partial charge < -0.3 is 50.6 Å². The zero-order valence-electron chi connectivity index (χ0n) is 73.2. The molecule has 0 spiro atoms. The number of carbonyl (C=O) groups is 5. The second kappa shape index (κ2) is 45.8. The minimum atomic E-state index is -1.08. The number of halogens is 1. The first-order valence-corrected chi connectivity index (χ1v) is 45.1. The van der Waals surface area contributed by atoms with E-state index in [9.17, 15) is 34.2 Å². The largest absolute Gasteiger partial charge is 0.493 e. The fraction of sp³-hybridized carbons (Fsp3) is 0.113. The number of aromatic hydroxyl groups is 2. The lowest BCUT2D eigenvalue weighted by Crippen LogP contribution is -2.34. The molecule has 4 aliphatic rings. The van der Waals surface area contributed by atoms with Crippen molar-refractivity contribution in [2.45, 2.75) is 52.4 Å². The molecule has 1 aliphatic carbocycles. The van der Waals surface area contributed by atoms with Gasteiger partial charge in [0.15, 0.2) is 16.1 Å². The number of rotatable bonds is 15. The predicted molar refractivity (Wildman–Crippen MR) is 536 cm³/mol. The number of hydrogen-bond donors (Lipinski definition) is 9. The van der Waals surface area contributed by atoms with E-state index >= 15 is 0 Å². The van der Waals surface area contributed by atoms with Crippen molar-refractivity contribution < 1.29 is 52.9 Å². The molecular formula is C106H91ClN15O11S2+. The number of para-hydroxylation sites is 5. The SMILES string of the molecule is CC(C)CCSC(=O)Nc1ccccc1.O=C(NC(=S)Nc1ccc2c(c1)CCC2)c1ccccc1.O=C(Nc1ccccc1)c1nnc(-c2ccccc2)o1.O=C(O)Nc1ccc(Cl)cc1.O=C1Nc2ccccc2C1=Cc1ccc2c(c1)CCO2.Oc1nc(O)c2c(-c3ccccc3)cc(-c3ccccc3)[o+]c2n1.c1ccc(-n2ncc3c(N4CCc5ccccc54)ncnc32)cc1. The number of aryl methyl sites for hydroxylation is 2. The third-order valence-electron chi connectivity index (χ3n) is 21.3. The van der Waals surface area contributed by atoms with Crippen molar-refractivity contribution >= 4 is 143 Å². The number of fused-ring (bicyclic) bond motifs is 6. The number of ether oxygens (including phenoxy) is 1. The maximum Gasteiger partial charge on any atom is 0.471 e. The normalized spacial score (nSPS) is 12.3. The Morgan fingerprint density at radius 2 is 1.21 bits per heavy atom. The minimum absolute atomic E-state index is 0.0295. The Hall–Kier alpha value is -16.6. The Bertz CT molecular complexity index is 7020. The van der Waals surface area contributed by atoms with Crippen molar-refractivity contribution in [3.05, 3.63) is 390 Å². The summed E-state index contributed by atoms with van der Waals surface area (Å²) in [6.07, 6.45) is 10.9. The number of thioether (sulfide) groups is 1. The Labute approximate surface area is 792 Å². The van der Waals surface area contributed by atoms with Gasteiger partial charge in [-0.25, -0.2) is 19.4 Å². The van der Waals surface area contributed by atoms with Crippen molar-refractivity contribution in [3.63, 3.8) is 0 Å². The smallest absolute Gasteiger partial charge is 0.471 e. The summed E-state index contributed by atoms with van der Waals surface area (Å²) in [6.45, 7) is 6.01. The Balaban J connectivity index is 0.000000121. The van der Waals surface area contributed by atoms with Crippen LogP contribution in [0.25, 0.3) is 73.4 Å². The monoisotopic (exact) mass is 1850 g/mol. The Kier molecular flexibility index (Phi) is 31.6. The number of anilines is 7. The average molecular weight is 1850 g/mol. The van der Waals surface area contributed by atoms with Crippen molar-refractivity contribution in [1.29, 1.82) is 0 Å². The molecular weight excluding hydrogens is 1760 g/mol. The number of carboxylic acid groups (broad SMARTS) is 1. The molecule has 5 aromatic heterocycles. The summed E-state index contributed by atoms with van der Waals surface area (Å²) in [5, 5.41) is 58.9. The molecule has 674 valence electrons. The number of amides is 5. The molecule has 12 aromatic carbocycles. The molecule has 26 nitrogen and oxygen atoms in total. The zero-order valence-corrected chi connectivity index (χ0v) is 75.6. The number of hydrogen-bond acceptors (Lipinski definition) is 19. The highest BCUT2D eigenvalue weighted by atomic mass is 35.5. The van der Waals surface area contributed by atoms with Gasteiger partial charge in [-0.2, -0.15) is 14.5 Å². The van der Waals surface area contributed by atoms with Crippen LogP contribution >= 0.6 is 35.6 Å². The van der Waals surface area contributed by atoms with Crippen LogP contribution in [0.2, 0.25) is 5.02 Å². The second-order valence-electron chi connectivity index (χ2n) is 31.1. The minimum Gasteiger partial charge on any atom is -0.493 e. The van der Waals surface area contributed by atoms with Crippen LogP contribution in [-0.2, 0) is 30.5 Å². The maximum atomic E-state index is 12.1. The quantitative estimate of drug-likeness (QED) is 0.0261. The molecule has 29 heteroatoms. The van der Waals surface area contributed by atoms with Crippen LogP contribution < -0.4 is 41.5 Å². The first-order chi connectivity index (χ1) is 65.9. The van der Waals surface area contributed by atoms with Gasteiger partial charge in [-0.05, 0) is 223 Å². The van der Waals surface area contributed by atoms with Crippen LogP contribution in [0.4, 0.5) is 49.5 Å². The van der Waals surface area contributed by atoms with Gasteiger partial charge in [0.2, 0.25) is 11.8 Å². The van der Waals surface area contributed by atoms with E-state index in [1.165, 1.54) is 46.1 Å². The summed E-state index contributed by atoms with van der Waals surface area (Å²) in [6, 6.07) is 102. The molecule has 5 amide bonds. The lowest BCUT2D eigenvalue weighted by atomic mass is 10.0. The molecule has 8 heterocycles. The fourth-order valence-electron chi connectivity index (χ4n) is 14.8.